The summed E-state index contributed by atoms with van der Waals surface area (Å²) >= 11 is 5.28. The van der Waals surface area contributed by atoms with E-state index in [1.165, 1.54) is 0 Å². The Kier molecular flexibility index (Phi) is 26.7. The van der Waals surface area contributed by atoms with Gasteiger partial charge in [0.05, 0.1) is 45.1 Å². The predicted octanol–water partition coefficient (Wildman–Crippen LogP) is 2.86. The van der Waals surface area contributed by atoms with Gasteiger partial charge >= 0.3 is 0 Å². The second-order valence-corrected chi connectivity index (χ2v) is 17.2. The fourth-order valence-corrected chi connectivity index (χ4v) is 6.70. The molecule has 298 valence electrons. The lowest BCUT2D eigenvalue weighted by molar-refractivity contribution is -0.132. The number of unbranched alkanes of at least 4 members (excludes halogenated alkanes) is 1. The van der Waals surface area contributed by atoms with Crippen LogP contribution < -0.4 is 21.3 Å². The third-order valence-corrected chi connectivity index (χ3v) is 11.8. The minimum Gasteiger partial charge on any atom is -0.380 e. The van der Waals surface area contributed by atoms with E-state index in [2.05, 4.69) is 21.3 Å². The lowest BCUT2D eigenvalue weighted by atomic mass is 9.87. The van der Waals surface area contributed by atoms with Crippen LogP contribution >= 0.6 is 6.49 Å². The summed E-state index contributed by atoms with van der Waals surface area (Å²) in [7, 11) is 0. The third kappa shape index (κ3) is 22.2. The van der Waals surface area contributed by atoms with E-state index < -0.39 is 12.5 Å². The van der Waals surface area contributed by atoms with Crippen LogP contribution in [0.25, 0.3) is 0 Å². The van der Waals surface area contributed by atoms with E-state index in [9.17, 15) is 24.1 Å². The van der Waals surface area contributed by atoms with Gasteiger partial charge in [0.2, 0.25) is 23.6 Å². The van der Waals surface area contributed by atoms with Gasteiger partial charge in [0.15, 0.2) is 6.49 Å². The van der Waals surface area contributed by atoms with E-state index in [1.807, 2.05) is 34.6 Å². The number of amides is 4. The van der Waals surface area contributed by atoms with Gasteiger partial charge in [-0.15, -0.1) is 0 Å². The molecule has 0 aliphatic heterocycles. The number of carbonyl (C=O) groups excluding carboxylic acids is 4. The van der Waals surface area contributed by atoms with E-state index >= 15 is 0 Å². The molecule has 1 fully saturated rings. The first-order valence-corrected chi connectivity index (χ1v) is 21.8. The summed E-state index contributed by atoms with van der Waals surface area (Å²) in [4.78, 5) is 64.5. The zero-order valence-electron chi connectivity index (χ0n) is 31.9. The molecule has 0 aromatic carbocycles. The molecule has 1 rings (SSSR count). The maximum atomic E-state index is 13.6. The predicted molar refractivity (Wildman–Crippen MR) is 203 cm³/mol. The van der Waals surface area contributed by atoms with Crippen LogP contribution in [0.2, 0.25) is 0 Å². The summed E-state index contributed by atoms with van der Waals surface area (Å²) in [5, 5.41) is 11.6. The van der Waals surface area contributed by atoms with Crippen molar-refractivity contribution >= 4 is 41.9 Å². The molecule has 4 amide bonds. The summed E-state index contributed by atoms with van der Waals surface area (Å²) < 4.78 is 22.3. The number of rotatable bonds is 30. The Hall–Kier alpha value is -1.71. The topological polar surface area (TPSA) is 177 Å². The molecule has 16 heteroatoms. The number of hydrogen-bond donors (Lipinski definition) is 5. The molecule has 5 N–H and O–H groups in total. The molecular formula is C35H68N5O9PS. The minimum absolute atomic E-state index is 0.0112. The van der Waals surface area contributed by atoms with Gasteiger partial charge in [0.1, 0.15) is 0 Å². The molecule has 1 saturated carbocycles. The van der Waals surface area contributed by atoms with E-state index in [0.717, 1.165) is 19.3 Å². The number of carbonyl (C=O) groups is 4. The van der Waals surface area contributed by atoms with Gasteiger partial charge in [-0.2, -0.15) is 0 Å². The zero-order chi connectivity index (χ0) is 37.9. The minimum atomic E-state index is -2.83. The van der Waals surface area contributed by atoms with Crippen LogP contribution in [-0.4, -0.2) is 130 Å². The standard InChI is InChI=1S/C35H68N5O9PS/c1-6-20-46-23-17-36-32(41)26-40(27-33(42)37-18-24-47-21-7-2)31(35(44)39-19-25-48-22-8-3)11-9-10-16-38-34(43)29-12-14-30(15-13-29)49-50(45,51)28(4)5/h28-31H,6-27H2,1-5H3,(H,36,41)(H,37,42)(H,38,43)(H,39,44)(H,45,51). The number of nitrogens with zero attached hydrogens (tertiary/aromatic N) is 1. The van der Waals surface area contributed by atoms with Gasteiger partial charge in [-0.1, -0.05) is 34.6 Å². The van der Waals surface area contributed by atoms with Gasteiger partial charge in [0, 0.05) is 57.6 Å². The molecule has 2 unspecified atom stereocenters. The maximum Gasteiger partial charge on any atom is 0.237 e. The maximum absolute atomic E-state index is 13.6. The van der Waals surface area contributed by atoms with Crippen molar-refractivity contribution in [1.82, 2.24) is 26.2 Å². The van der Waals surface area contributed by atoms with Crippen molar-refractivity contribution in [3.8, 4) is 0 Å². The van der Waals surface area contributed by atoms with Crippen LogP contribution in [0.3, 0.4) is 0 Å². The monoisotopic (exact) mass is 765 g/mol. The van der Waals surface area contributed by atoms with Crippen LogP contribution in [0, 0.1) is 5.92 Å². The van der Waals surface area contributed by atoms with E-state index in [-0.39, 0.29) is 54.4 Å². The Balaban J connectivity index is 2.83. The largest absolute Gasteiger partial charge is 0.380 e. The molecule has 0 aromatic rings. The van der Waals surface area contributed by atoms with Crippen LogP contribution in [0.15, 0.2) is 0 Å². The Morgan fingerprint density at radius 3 is 1.69 bits per heavy atom. The molecule has 51 heavy (non-hydrogen) atoms. The van der Waals surface area contributed by atoms with Crippen LogP contribution in [0.4, 0.5) is 0 Å². The normalized spacial score (nSPS) is 17.9. The van der Waals surface area contributed by atoms with E-state index in [1.54, 1.807) is 4.90 Å². The molecule has 0 heterocycles. The Morgan fingerprint density at radius 1 is 0.725 bits per heavy atom. The molecule has 2 atom stereocenters. The molecule has 0 spiro atoms. The molecule has 0 aromatic heterocycles. The average Bonchev–Trinajstić information content (AvgIpc) is 3.09. The van der Waals surface area contributed by atoms with Crippen molar-refractivity contribution in [2.75, 3.05) is 78.9 Å². The first-order chi connectivity index (χ1) is 24.4. The molecular weight excluding hydrogens is 697 g/mol. The van der Waals surface area contributed by atoms with Gasteiger partial charge < -0.3 is 44.9 Å². The van der Waals surface area contributed by atoms with Gasteiger partial charge in [0.25, 0.3) is 0 Å². The number of ether oxygens (including phenoxy) is 3. The van der Waals surface area contributed by atoms with Crippen LogP contribution in [-0.2, 0) is 49.7 Å². The Labute approximate surface area is 311 Å². The fraction of sp³-hybridized carbons (Fsp3) is 0.886. The summed E-state index contributed by atoms with van der Waals surface area (Å²) in [5.74, 6) is -1.05. The van der Waals surface area contributed by atoms with Crippen LogP contribution in [0.1, 0.15) is 98.8 Å². The molecule has 1 aliphatic carbocycles. The highest BCUT2D eigenvalue weighted by Gasteiger charge is 2.31. The second-order valence-electron chi connectivity index (χ2n) is 13.3. The fourth-order valence-electron chi connectivity index (χ4n) is 5.45. The van der Waals surface area contributed by atoms with Crippen molar-refractivity contribution in [1.29, 1.82) is 0 Å². The van der Waals surface area contributed by atoms with Crippen molar-refractivity contribution in [2.45, 2.75) is 117 Å². The molecule has 0 radical (unpaired) electrons. The Bertz CT molecular complexity index is 1010. The zero-order valence-corrected chi connectivity index (χ0v) is 33.6. The summed E-state index contributed by atoms with van der Waals surface area (Å²) in [6.45, 7) is 10.9. The van der Waals surface area contributed by atoms with Crippen molar-refractivity contribution in [2.24, 2.45) is 5.92 Å². The molecule has 14 nitrogen and oxygen atoms in total. The number of nitrogens with one attached hydrogen (secondary N) is 4. The lowest BCUT2D eigenvalue weighted by Gasteiger charge is -2.31. The van der Waals surface area contributed by atoms with Crippen molar-refractivity contribution in [3.05, 3.63) is 0 Å². The number of hydrogen-bond acceptors (Lipinski definition) is 10. The molecule has 0 saturated heterocycles. The van der Waals surface area contributed by atoms with Crippen molar-refractivity contribution < 1.29 is 42.8 Å². The Morgan fingerprint density at radius 2 is 1.22 bits per heavy atom. The highest BCUT2D eigenvalue weighted by atomic mass is 32.5. The van der Waals surface area contributed by atoms with Gasteiger partial charge in [-0.25, -0.2) is 0 Å². The second kappa shape index (κ2) is 28.7. The van der Waals surface area contributed by atoms with E-state index in [0.29, 0.717) is 111 Å². The molecule has 1 aliphatic rings. The summed E-state index contributed by atoms with van der Waals surface area (Å²) in [5.41, 5.74) is -0.105. The highest BCUT2D eigenvalue weighted by molar-refractivity contribution is 8.09. The SMILES string of the molecule is CCCOCCNC(=O)CN(CC(=O)NCCOCCC)C(CCCCNC(=O)C1CCC(OP(O)(=S)C(C)C)CC1)C(=O)NCCOCCC. The quantitative estimate of drug-likeness (QED) is 0.0537. The summed E-state index contributed by atoms with van der Waals surface area (Å²) in [6, 6.07) is -0.761. The van der Waals surface area contributed by atoms with Gasteiger partial charge in [-0.3, -0.25) is 24.1 Å². The van der Waals surface area contributed by atoms with Crippen molar-refractivity contribution in [3.63, 3.8) is 0 Å². The van der Waals surface area contributed by atoms with Crippen LogP contribution in [0.5, 0.6) is 0 Å². The first-order valence-electron chi connectivity index (χ1n) is 19.0. The van der Waals surface area contributed by atoms with Gasteiger partial charge in [-0.05, 0) is 76.0 Å². The third-order valence-electron chi connectivity index (χ3n) is 8.37. The smallest absolute Gasteiger partial charge is 0.237 e. The summed E-state index contributed by atoms with van der Waals surface area (Å²) in [6.07, 6.45) is 6.77. The lowest BCUT2D eigenvalue weighted by Crippen LogP contribution is -2.54. The molecule has 0 bridgehead atoms. The first kappa shape index (κ1) is 47.3. The highest BCUT2D eigenvalue weighted by Crippen LogP contribution is 2.50. The van der Waals surface area contributed by atoms with E-state index in [4.69, 9.17) is 30.5 Å². The average molecular weight is 766 g/mol.